The van der Waals surface area contributed by atoms with Crippen molar-refractivity contribution < 1.29 is 12.8 Å². The molecule has 0 spiro atoms. The maximum Gasteiger partial charge on any atom is 0.229 e. The SMILES string of the molecule is CCC(C)Nc1ccc(F)c(NS(C)(=O)=O)c1. The van der Waals surface area contributed by atoms with E-state index >= 15 is 0 Å². The first-order valence-corrected chi connectivity index (χ1v) is 7.25. The summed E-state index contributed by atoms with van der Waals surface area (Å²) in [6, 6.07) is 4.50. The summed E-state index contributed by atoms with van der Waals surface area (Å²) in [7, 11) is -3.47. The summed E-state index contributed by atoms with van der Waals surface area (Å²) >= 11 is 0. The van der Waals surface area contributed by atoms with Crippen LogP contribution < -0.4 is 10.0 Å². The highest BCUT2D eigenvalue weighted by Gasteiger charge is 2.09. The Labute approximate surface area is 101 Å². The standard InChI is InChI=1S/C11H17FN2O2S/c1-4-8(2)13-9-5-6-10(12)11(7-9)14-17(3,15)16/h5-8,13-14H,4H2,1-3H3. The molecule has 1 aromatic rings. The fourth-order valence-electron chi connectivity index (χ4n) is 1.28. The topological polar surface area (TPSA) is 58.2 Å². The van der Waals surface area contributed by atoms with Gasteiger partial charge in [-0.15, -0.1) is 0 Å². The molecule has 6 heteroatoms. The largest absolute Gasteiger partial charge is 0.383 e. The first-order valence-electron chi connectivity index (χ1n) is 5.35. The van der Waals surface area contributed by atoms with Crippen molar-refractivity contribution in [3.63, 3.8) is 0 Å². The van der Waals surface area contributed by atoms with Crippen LogP contribution in [-0.4, -0.2) is 20.7 Å². The lowest BCUT2D eigenvalue weighted by Crippen LogP contribution is -2.15. The number of rotatable bonds is 5. The molecule has 17 heavy (non-hydrogen) atoms. The molecule has 0 heterocycles. The lowest BCUT2D eigenvalue weighted by Gasteiger charge is -2.14. The maximum atomic E-state index is 13.4. The molecule has 0 radical (unpaired) electrons. The van der Waals surface area contributed by atoms with Gasteiger partial charge in [-0.3, -0.25) is 4.72 Å². The normalized spacial score (nSPS) is 13.2. The first-order chi connectivity index (χ1) is 7.81. The summed E-state index contributed by atoms with van der Waals surface area (Å²) in [5, 5.41) is 3.14. The van der Waals surface area contributed by atoms with Gasteiger partial charge in [0.25, 0.3) is 0 Å². The van der Waals surface area contributed by atoms with Gasteiger partial charge in [-0.1, -0.05) is 6.92 Å². The third-order valence-corrected chi connectivity index (χ3v) is 2.88. The first kappa shape index (κ1) is 13.8. The zero-order valence-corrected chi connectivity index (χ0v) is 10.9. The van der Waals surface area contributed by atoms with E-state index in [9.17, 15) is 12.8 Å². The molecule has 0 aliphatic heterocycles. The van der Waals surface area contributed by atoms with Crippen molar-refractivity contribution in [1.29, 1.82) is 0 Å². The molecule has 1 aromatic carbocycles. The number of hydrogen-bond donors (Lipinski definition) is 2. The van der Waals surface area contributed by atoms with Gasteiger partial charge in [0.15, 0.2) is 0 Å². The third-order valence-electron chi connectivity index (χ3n) is 2.29. The highest BCUT2D eigenvalue weighted by Crippen LogP contribution is 2.21. The Morgan fingerprint density at radius 3 is 2.59 bits per heavy atom. The van der Waals surface area contributed by atoms with Crippen LogP contribution in [0, 0.1) is 5.82 Å². The number of halogens is 1. The minimum absolute atomic E-state index is 0.0409. The minimum Gasteiger partial charge on any atom is -0.383 e. The number of sulfonamides is 1. The molecule has 0 bridgehead atoms. The van der Waals surface area contributed by atoms with E-state index in [-0.39, 0.29) is 11.7 Å². The Morgan fingerprint density at radius 1 is 1.41 bits per heavy atom. The van der Waals surface area contributed by atoms with Crippen molar-refractivity contribution in [1.82, 2.24) is 0 Å². The molecule has 4 nitrogen and oxygen atoms in total. The molecule has 0 saturated carbocycles. The summed E-state index contributed by atoms with van der Waals surface area (Å²) in [4.78, 5) is 0. The van der Waals surface area contributed by atoms with Gasteiger partial charge in [0.1, 0.15) is 5.82 Å². The van der Waals surface area contributed by atoms with Crippen LogP contribution in [0.4, 0.5) is 15.8 Å². The average molecular weight is 260 g/mol. The van der Waals surface area contributed by atoms with Gasteiger partial charge in [0.05, 0.1) is 11.9 Å². The molecule has 1 rings (SSSR count). The Balaban J connectivity index is 2.94. The molecule has 0 saturated heterocycles. The zero-order chi connectivity index (χ0) is 13.1. The molecule has 2 N–H and O–H groups in total. The lowest BCUT2D eigenvalue weighted by atomic mass is 10.2. The summed E-state index contributed by atoms with van der Waals surface area (Å²) in [6.07, 6.45) is 1.91. The van der Waals surface area contributed by atoms with Gasteiger partial charge in [-0.05, 0) is 31.5 Å². The summed E-state index contributed by atoms with van der Waals surface area (Å²) < 4.78 is 37.6. The van der Waals surface area contributed by atoms with Crippen LogP contribution in [0.3, 0.4) is 0 Å². The predicted octanol–water partition coefficient (Wildman–Crippen LogP) is 2.41. The molecule has 0 aromatic heterocycles. The maximum absolute atomic E-state index is 13.4. The van der Waals surface area contributed by atoms with Gasteiger partial charge in [0, 0.05) is 11.7 Å². The van der Waals surface area contributed by atoms with Crippen molar-refractivity contribution in [2.24, 2.45) is 0 Å². The lowest BCUT2D eigenvalue weighted by molar-refractivity contribution is 0.603. The quantitative estimate of drug-likeness (QED) is 0.854. The molecule has 0 fully saturated rings. The van der Waals surface area contributed by atoms with E-state index in [2.05, 4.69) is 10.0 Å². The number of anilines is 2. The Kier molecular flexibility index (Phi) is 4.34. The Bertz CT molecular complexity index is 488. The van der Waals surface area contributed by atoms with Gasteiger partial charge >= 0.3 is 0 Å². The van der Waals surface area contributed by atoms with E-state index in [4.69, 9.17) is 0 Å². The van der Waals surface area contributed by atoms with Crippen molar-refractivity contribution >= 4 is 21.4 Å². The van der Waals surface area contributed by atoms with Crippen LogP contribution in [0.5, 0.6) is 0 Å². The van der Waals surface area contributed by atoms with E-state index in [1.54, 1.807) is 6.07 Å². The van der Waals surface area contributed by atoms with Crippen molar-refractivity contribution in [2.75, 3.05) is 16.3 Å². The molecule has 0 amide bonds. The van der Waals surface area contributed by atoms with Crippen molar-refractivity contribution in [3.8, 4) is 0 Å². The zero-order valence-electron chi connectivity index (χ0n) is 10.1. The fraction of sp³-hybridized carbons (Fsp3) is 0.455. The number of hydrogen-bond acceptors (Lipinski definition) is 3. The van der Waals surface area contributed by atoms with Crippen LogP contribution in [0.2, 0.25) is 0 Å². The third kappa shape index (κ3) is 4.60. The monoisotopic (exact) mass is 260 g/mol. The van der Waals surface area contributed by atoms with Crippen LogP contribution in [-0.2, 0) is 10.0 Å². The van der Waals surface area contributed by atoms with Crippen LogP contribution in [0.25, 0.3) is 0 Å². The van der Waals surface area contributed by atoms with Gasteiger partial charge in [-0.25, -0.2) is 12.8 Å². The summed E-state index contributed by atoms with van der Waals surface area (Å²) in [6.45, 7) is 4.02. The molecule has 96 valence electrons. The van der Waals surface area contributed by atoms with E-state index in [0.717, 1.165) is 12.7 Å². The minimum atomic E-state index is -3.47. The highest BCUT2D eigenvalue weighted by atomic mass is 32.2. The molecule has 0 aliphatic carbocycles. The second kappa shape index (κ2) is 5.35. The Hall–Kier alpha value is -1.30. The molecular formula is C11H17FN2O2S. The van der Waals surface area contributed by atoms with E-state index in [1.165, 1.54) is 12.1 Å². The fourth-order valence-corrected chi connectivity index (χ4v) is 1.84. The van der Waals surface area contributed by atoms with Crippen LogP contribution >= 0.6 is 0 Å². The number of nitrogens with one attached hydrogen (secondary N) is 2. The average Bonchev–Trinajstić information content (AvgIpc) is 2.21. The van der Waals surface area contributed by atoms with Gasteiger partial charge in [-0.2, -0.15) is 0 Å². The second-order valence-corrected chi connectivity index (χ2v) is 5.77. The molecule has 1 unspecified atom stereocenters. The smallest absolute Gasteiger partial charge is 0.229 e. The number of benzene rings is 1. The van der Waals surface area contributed by atoms with E-state index in [0.29, 0.717) is 5.69 Å². The van der Waals surface area contributed by atoms with E-state index < -0.39 is 15.8 Å². The van der Waals surface area contributed by atoms with Crippen LogP contribution in [0.15, 0.2) is 18.2 Å². The Morgan fingerprint density at radius 2 is 2.06 bits per heavy atom. The molecule has 1 atom stereocenters. The summed E-state index contributed by atoms with van der Waals surface area (Å²) in [5.74, 6) is -0.592. The van der Waals surface area contributed by atoms with Gasteiger partial charge < -0.3 is 5.32 Å². The van der Waals surface area contributed by atoms with Crippen molar-refractivity contribution in [3.05, 3.63) is 24.0 Å². The summed E-state index contributed by atoms with van der Waals surface area (Å²) in [5.41, 5.74) is 0.646. The second-order valence-electron chi connectivity index (χ2n) is 4.02. The van der Waals surface area contributed by atoms with Gasteiger partial charge in [0.2, 0.25) is 10.0 Å². The van der Waals surface area contributed by atoms with E-state index in [1.807, 2.05) is 13.8 Å². The van der Waals surface area contributed by atoms with Crippen molar-refractivity contribution in [2.45, 2.75) is 26.3 Å². The van der Waals surface area contributed by atoms with Crippen LogP contribution in [0.1, 0.15) is 20.3 Å². The molecular weight excluding hydrogens is 243 g/mol. The highest BCUT2D eigenvalue weighted by molar-refractivity contribution is 7.92. The molecule has 0 aliphatic rings. The predicted molar refractivity (Wildman–Crippen MR) is 68.2 cm³/mol.